The van der Waals surface area contributed by atoms with Crippen LogP contribution in [0.15, 0.2) is 71.5 Å². The maximum absolute atomic E-state index is 13.3. The van der Waals surface area contributed by atoms with E-state index >= 15 is 0 Å². The predicted octanol–water partition coefficient (Wildman–Crippen LogP) is 2.79. The second-order valence-corrected chi connectivity index (χ2v) is 6.78. The molecule has 0 bridgehead atoms. The number of aromatic hydroxyl groups is 1. The molecule has 4 rings (SSSR count). The maximum atomic E-state index is 13.3. The first-order valence-electron chi connectivity index (χ1n) is 9.24. The molecule has 30 heavy (non-hydrogen) atoms. The second kappa shape index (κ2) is 7.71. The van der Waals surface area contributed by atoms with Gasteiger partial charge in [-0.25, -0.2) is 4.98 Å². The Hall–Kier alpha value is -4.13. The van der Waals surface area contributed by atoms with Gasteiger partial charge in [0.1, 0.15) is 17.3 Å². The first-order valence-corrected chi connectivity index (χ1v) is 9.24. The fourth-order valence-corrected chi connectivity index (χ4v) is 3.37. The molecule has 0 unspecified atom stereocenters. The molecular formula is C23H19N3O4. The Morgan fingerprint density at radius 1 is 1.10 bits per heavy atom. The Labute approximate surface area is 172 Å². The van der Waals surface area contributed by atoms with E-state index in [0.717, 1.165) is 0 Å². The molecule has 7 nitrogen and oxygen atoms in total. The first-order chi connectivity index (χ1) is 14.5. The largest absolute Gasteiger partial charge is 0.507 e. The van der Waals surface area contributed by atoms with Crippen LogP contribution in [-0.4, -0.2) is 27.7 Å². The minimum absolute atomic E-state index is 0.0396. The number of nitrogens with zero attached hydrogens (tertiary/aromatic N) is 2. The van der Waals surface area contributed by atoms with Gasteiger partial charge in [-0.15, -0.1) is 0 Å². The smallest absolute Gasteiger partial charge is 0.265 e. The molecule has 0 fully saturated rings. The van der Waals surface area contributed by atoms with Crippen molar-refractivity contribution in [1.82, 2.24) is 9.55 Å². The Bertz CT molecular complexity index is 1310. The second-order valence-electron chi connectivity index (χ2n) is 6.78. The summed E-state index contributed by atoms with van der Waals surface area (Å²) >= 11 is 0. The van der Waals surface area contributed by atoms with Gasteiger partial charge in [-0.1, -0.05) is 18.2 Å². The number of methoxy groups -OCH3 is 1. The molecule has 4 aromatic rings. The van der Waals surface area contributed by atoms with E-state index in [9.17, 15) is 14.7 Å². The summed E-state index contributed by atoms with van der Waals surface area (Å²) in [6.07, 6.45) is 0.263. The van der Waals surface area contributed by atoms with E-state index in [4.69, 9.17) is 15.5 Å². The summed E-state index contributed by atoms with van der Waals surface area (Å²) in [4.78, 5) is 29.3. The number of hydrogen-bond donors (Lipinski definition) is 2. The Morgan fingerprint density at radius 2 is 1.83 bits per heavy atom. The first kappa shape index (κ1) is 19.2. The maximum Gasteiger partial charge on any atom is 0.265 e. The molecule has 1 amide bonds. The van der Waals surface area contributed by atoms with E-state index in [0.29, 0.717) is 33.7 Å². The van der Waals surface area contributed by atoms with Crippen molar-refractivity contribution in [3.8, 4) is 17.2 Å². The molecule has 0 aliphatic rings. The highest BCUT2D eigenvalue weighted by Gasteiger charge is 2.15. The third-order valence-corrected chi connectivity index (χ3v) is 4.87. The van der Waals surface area contributed by atoms with Crippen LogP contribution < -0.4 is 16.0 Å². The van der Waals surface area contributed by atoms with E-state index in [2.05, 4.69) is 0 Å². The average Bonchev–Trinajstić information content (AvgIpc) is 2.74. The van der Waals surface area contributed by atoms with Crippen molar-refractivity contribution in [3.63, 3.8) is 0 Å². The molecule has 0 aliphatic carbocycles. The topological polar surface area (TPSA) is 107 Å². The van der Waals surface area contributed by atoms with Gasteiger partial charge >= 0.3 is 0 Å². The molecule has 0 atom stereocenters. The number of rotatable bonds is 5. The molecule has 0 spiro atoms. The summed E-state index contributed by atoms with van der Waals surface area (Å²) in [5.74, 6) is 0.251. The number of carbonyl (C=O) groups excluding carboxylic acids is 1. The highest BCUT2D eigenvalue weighted by atomic mass is 16.5. The number of fused-ring (bicyclic) bond motifs is 1. The van der Waals surface area contributed by atoms with Crippen molar-refractivity contribution in [3.05, 3.63) is 94.0 Å². The molecule has 3 aromatic carbocycles. The van der Waals surface area contributed by atoms with E-state index in [1.807, 2.05) is 6.07 Å². The fraction of sp³-hybridized carbons (Fsp3) is 0.0870. The van der Waals surface area contributed by atoms with Gasteiger partial charge in [0.2, 0.25) is 0 Å². The number of para-hydroxylation sites is 1. The molecule has 1 aromatic heterocycles. The normalized spacial score (nSPS) is 10.8. The molecule has 3 N–H and O–H groups in total. The molecule has 0 saturated carbocycles. The molecular weight excluding hydrogens is 382 g/mol. The fourth-order valence-electron chi connectivity index (χ4n) is 3.37. The number of aromatic nitrogens is 2. The van der Waals surface area contributed by atoms with Crippen molar-refractivity contribution < 1.29 is 14.6 Å². The van der Waals surface area contributed by atoms with Gasteiger partial charge in [0.25, 0.3) is 11.5 Å². The summed E-state index contributed by atoms with van der Waals surface area (Å²) < 4.78 is 6.75. The summed E-state index contributed by atoms with van der Waals surface area (Å²) in [7, 11) is 1.58. The van der Waals surface area contributed by atoms with Crippen LogP contribution in [0, 0.1) is 0 Å². The molecule has 1 heterocycles. The zero-order chi connectivity index (χ0) is 21.3. The number of carbonyl (C=O) groups is 1. The SMILES string of the molecule is COc1ccc(-n2c(Cc3ccc(C(N)=O)c(O)c3)nc3ccccc3c2=O)cc1. The van der Waals surface area contributed by atoms with Gasteiger partial charge in [0.15, 0.2) is 0 Å². The minimum Gasteiger partial charge on any atom is -0.507 e. The van der Waals surface area contributed by atoms with Crippen LogP contribution in [0.3, 0.4) is 0 Å². The van der Waals surface area contributed by atoms with Crippen LogP contribution in [-0.2, 0) is 6.42 Å². The van der Waals surface area contributed by atoms with E-state index < -0.39 is 5.91 Å². The van der Waals surface area contributed by atoms with Crippen LogP contribution in [0.5, 0.6) is 11.5 Å². The minimum atomic E-state index is -0.710. The molecule has 0 saturated heterocycles. The lowest BCUT2D eigenvalue weighted by atomic mass is 10.1. The average molecular weight is 401 g/mol. The Kier molecular flexibility index (Phi) is 4.93. The van der Waals surface area contributed by atoms with Crippen LogP contribution in [0.25, 0.3) is 16.6 Å². The van der Waals surface area contributed by atoms with Crippen LogP contribution in [0.1, 0.15) is 21.7 Å². The zero-order valence-corrected chi connectivity index (χ0v) is 16.2. The van der Waals surface area contributed by atoms with Gasteiger partial charge in [-0.3, -0.25) is 14.2 Å². The van der Waals surface area contributed by atoms with Crippen molar-refractivity contribution in [2.45, 2.75) is 6.42 Å². The summed E-state index contributed by atoms with van der Waals surface area (Å²) in [6.45, 7) is 0. The van der Waals surface area contributed by atoms with Gasteiger partial charge in [0, 0.05) is 6.42 Å². The monoisotopic (exact) mass is 401 g/mol. The third kappa shape index (κ3) is 3.48. The lowest BCUT2D eigenvalue weighted by Gasteiger charge is -2.14. The number of phenols is 1. The lowest BCUT2D eigenvalue weighted by Crippen LogP contribution is -2.24. The number of ether oxygens (including phenoxy) is 1. The number of amides is 1. The van der Waals surface area contributed by atoms with Crippen molar-refractivity contribution >= 4 is 16.8 Å². The molecule has 7 heteroatoms. The van der Waals surface area contributed by atoms with E-state index in [-0.39, 0.29) is 23.3 Å². The zero-order valence-electron chi connectivity index (χ0n) is 16.2. The van der Waals surface area contributed by atoms with Crippen molar-refractivity contribution in [1.29, 1.82) is 0 Å². The Balaban J connectivity index is 1.88. The molecule has 0 aliphatic heterocycles. The number of hydrogen-bond acceptors (Lipinski definition) is 5. The van der Waals surface area contributed by atoms with Crippen LogP contribution in [0.2, 0.25) is 0 Å². The number of nitrogens with two attached hydrogens (primary N) is 1. The molecule has 150 valence electrons. The molecule has 0 radical (unpaired) electrons. The third-order valence-electron chi connectivity index (χ3n) is 4.87. The van der Waals surface area contributed by atoms with Crippen LogP contribution >= 0.6 is 0 Å². The predicted molar refractivity (Wildman–Crippen MR) is 113 cm³/mol. The van der Waals surface area contributed by atoms with E-state index in [1.165, 1.54) is 12.1 Å². The number of benzene rings is 3. The van der Waals surface area contributed by atoms with E-state index in [1.54, 1.807) is 60.2 Å². The van der Waals surface area contributed by atoms with Crippen molar-refractivity contribution in [2.24, 2.45) is 5.73 Å². The van der Waals surface area contributed by atoms with Gasteiger partial charge in [0.05, 0.1) is 29.3 Å². The number of primary amides is 1. The van der Waals surface area contributed by atoms with Gasteiger partial charge in [-0.05, 0) is 54.1 Å². The van der Waals surface area contributed by atoms with Gasteiger partial charge < -0.3 is 15.6 Å². The summed E-state index contributed by atoms with van der Waals surface area (Å²) in [6, 6.07) is 18.9. The van der Waals surface area contributed by atoms with Crippen LogP contribution in [0.4, 0.5) is 0 Å². The summed E-state index contributed by atoms with van der Waals surface area (Å²) in [5.41, 5.74) is 7.01. The Morgan fingerprint density at radius 3 is 2.50 bits per heavy atom. The standard InChI is InChI=1S/C23H19N3O4/c1-30-16-9-7-15(8-10-16)26-21(25-19-5-3-2-4-17(19)23(26)29)13-14-6-11-18(22(24)28)20(27)12-14/h2-12,27H,13H2,1H3,(H2,24,28). The van der Waals surface area contributed by atoms with Gasteiger partial charge in [-0.2, -0.15) is 0 Å². The summed E-state index contributed by atoms with van der Waals surface area (Å²) in [5, 5.41) is 10.6. The highest BCUT2D eigenvalue weighted by Crippen LogP contribution is 2.22. The van der Waals surface area contributed by atoms with Crippen molar-refractivity contribution in [2.75, 3.05) is 7.11 Å². The quantitative estimate of drug-likeness (QED) is 0.535. The lowest BCUT2D eigenvalue weighted by molar-refractivity contribution is 0.0998. The highest BCUT2D eigenvalue weighted by molar-refractivity contribution is 5.95.